The van der Waals surface area contributed by atoms with Gasteiger partial charge in [-0.1, -0.05) is 43.7 Å². The summed E-state index contributed by atoms with van der Waals surface area (Å²) in [5, 5.41) is 1.09. The van der Waals surface area contributed by atoms with Gasteiger partial charge < -0.3 is 14.5 Å². The van der Waals surface area contributed by atoms with E-state index in [1.807, 2.05) is 29.2 Å². The van der Waals surface area contributed by atoms with Crippen molar-refractivity contribution in [3.05, 3.63) is 41.3 Å². The maximum Gasteiger partial charge on any atom is 0.264 e. The molecule has 6 nitrogen and oxygen atoms in total. The predicted molar refractivity (Wildman–Crippen MR) is 126 cm³/mol. The molecule has 2 aliphatic rings. The number of nitrogens with zero attached hydrogens (tertiary/aromatic N) is 2. The van der Waals surface area contributed by atoms with E-state index in [0.29, 0.717) is 31.1 Å². The second-order valence-electron chi connectivity index (χ2n) is 8.20. The summed E-state index contributed by atoms with van der Waals surface area (Å²) in [6, 6.07) is 11.9. The van der Waals surface area contributed by atoms with Crippen molar-refractivity contribution in [2.45, 2.75) is 32.2 Å². The molecule has 0 saturated carbocycles. The van der Waals surface area contributed by atoms with Crippen molar-refractivity contribution in [2.24, 2.45) is 0 Å². The van der Waals surface area contributed by atoms with Gasteiger partial charge in [-0.2, -0.15) is 0 Å². The summed E-state index contributed by atoms with van der Waals surface area (Å²) < 4.78 is 29.7. The Labute approximate surface area is 188 Å². The van der Waals surface area contributed by atoms with E-state index < -0.39 is 9.84 Å². The molecule has 3 heterocycles. The van der Waals surface area contributed by atoms with E-state index in [0.717, 1.165) is 42.1 Å². The normalized spacial score (nSPS) is 20.7. The van der Waals surface area contributed by atoms with Gasteiger partial charge in [0.15, 0.2) is 9.84 Å². The number of sulfone groups is 1. The number of morpholine rings is 1. The molecule has 1 amide bonds. The zero-order valence-electron chi connectivity index (χ0n) is 18.0. The van der Waals surface area contributed by atoms with Crippen molar-refractivity contribution in [3.63, 3.8) is 0 Å². The highest BCUT2D eigenvalue weighted by atomic mass is 32.2. The van der Waals surface area contributed by atoms with Gasteiger partial charge in [0.05, 0.1) is 34.6 Å². The highest BCUT2D eigenvalue weighted by Gasteiger charge is 2.35. The Bertz CT molecular complexity index is 998. The maximum absolute atomic E-state index is 13.6. The summed E-state index contributed by atoms with van der Waals surface area (Å²) in [6.07, 6.45) is 2.36. The summed E-state index contributed by atoms with van der Waals surface area (Å²) in [5.41, 5.74) is 2.15. The van der Waals surface area contributed by atoms with E-state index in [9.17, 15) is 13.2 Å². The fourth-order valence-electron chi connectivity index (χ4n) is 4.25. The Morgan fingerprint density at radius 1 is 1.23 bits per heavy atom. The molecule has 1 aromatic heterocycles. The fraction of sp³-hybridized carbons (Fsp3) is 0.522. The van der Waals surface area contributed by atoms with Crippen LogP contribution < -0.4 is 4.90 Å². The molecule has 4 rings (SSSR count). The second kappa shape index (κ2) is 9.71. The van der Waals surface area contributed by atoms with Crippen molar-refractivity contribution in [1.29, 1.82) is 0 Å². The van der Waals surface area contributed by atoms with E-state index in [4.69, 9.17) is 4.74 Å². The number of ether oxygens (including phenoxy) is 1. The van der Waals surface area contributed by atoms with E-state index in [2.05, 4.69) is 24.0 Å². The monoisotopic (exact) mass is 462 g/mol. The zero-order valence-corrected chi connectivity index (χ0v) is 19.6. The molecule has 2 saturated heterocycles. The molecule has 0 aliphatic carbocycles. The zero-order chi connectivity index (χ0) is 21.8. The summed E-state index contributed by atoms with van der Waals surface area (Å²) >= 11 is 1.52. The van der Waals surface area contributed by atoms with Crippen LogP contribution in [0.1, 0.15) is 35.9 Å². The summed E-state index contributed by atoms with van der Waals surface area (Å²) in [7, 11) is -3.06. The smallest absolute Gasteiger partial charge is 0.264 e. The summed E-state index contributed by atoms with van der Waals surface area (Å²) in [5.74, 6) is 0.208. The number of thiophene rings is 1. The van der Waals surface area contributed by atoms with Gasteiger partial charge in [-0.05, 0) is 24.5 Å². The third-order valence-corrected chi connectivity index (χ3v) is 8.90. The quantitative estimate of drug-likeness (QED) is 0.628. The van der Waals surface area contributed by atoms with Crippen molar-refractivity contribution >= 4 is 32.1 Å². The van der Waals surface area contributed by atoms with Crippen LogP contribution in [0.25, 0.3) is 11.1 Å². The van der Waals surface area contributed by atoms with Gasteiger partial charge in [0.2, 0.25) is 0 Å². The SMILES string of the molecule is CCCCN(C(=O)c1cc(-c2ccccc2)c(N2CCOCC2)s1)C1CCS(=O)(=O)C1. The highest BCUT2D eigenvalue weighted by molar-refractivity contribution is 7.91. The van der Waals surface area contributed by atoms with Gasteiger partial charge in [-0.3, -0.25) is 4.79 Å². The lowest BCUT2D eigenvalue weighted by atomic mass is 10.1. The number of benzene rings is 1. The van der Waals surface area contributed by atoms with Gasteiger partial charge >= 0.3 is 0 Å². The first-order valence-corrected chi connectivity index (χ1v) is 13.7. The number of hydrogen-bond donors (Lipinski definition) is 0. The molecule has 2 aliphatic heterocycles. The Balaban J connectivity index is 1.68. The van der Waals surface area contributed by atoms with Crippen molar-refractivity contribution < 1.29 is 17.9 Å². The first kappa shape index (κ1) is 22.3. The molecule has 1 aromatic carbocycles. The minimum Gasteiger partial charge on any atom is -0.378 e. The van der Waals surface area contributed by atoms with Crippen LogP contribution in [0.2, 0.25) is 0 Å². The predicted octanol–water partition coefficient (Wildman–Crippen LogP) is 3.68. The molecule has 2 aromatic rings. The number of unbranched alkanes of at least 4 members (excludes halogenated alkanes) is 1. The number of rotatable bonds is 7. The van der Waals surface area contributed by atoms with Gasteiger partial charge in [-0.25, -0.2) is 8.42 Å². The minimum absolute atomic E-state index is 0.0442. The van der Waals surface area contributed by atoms with Gasteiger partial charge in [-0.15, -0.1) is 11.3 Å². The Hall–Kier alpha value is -1.90. The largest absolute Gasteiger partial charge is 0.378 e. The van der Waals surface area contributed by atoms with Crippen molar-refractivity contribution in [2.75, 3.05) is 49.3 Å². The van der Waals surface area contributed by atoms with Gasteiger partial charge in [0.25, 0.3) is 5.91 Å². The third kappa shape index (κ3) is 5.13. The topological polar surface area (TPSA) is 66.9 Å². The molecular weight excluding hydrogens is 432 g/mol. The first-order chi connectivity index (χ1) is 15.0. The molecule has 2 fully saturated rings. The van der Waals surface area contributed by atoms with Crippen LogP contribution in [0, 0.1) is 0 Å². The Morgan fingerprint density at radius 2 is 1.97 bits per heavy atom. The van der Waals surface area contributed by atoms with Crippen molar-refractivity contribution in [1.82, 2.24) is 4.90 Å². The van der Waals surface area contributed by atoms with Gasteiger partial charge in [0.1, 0.15) is 0 Å². The molecule has 1 atom stereocenters. The number of anilines is 1. The summed E-state index contributed by atoms with van der Waals surface area (Å²) in [6.45, 7) is 5.64. The van der Waals surface area contributed by atoms with Crippen LogP contribution in [0.15, 0.2) is 36.4 Å². The lowest BCUT2D eigenvalue weighted by Gasteiger charge is -2.29. The molecule has 0 bridgehead atoms. The van der Waals surface area contributed by atoms with Gasteiger partial charge in [0, 0.05) is 31.2 Å². The van der Waals surface area contributed by atoms with Crippen molar-refractivity contribution in [3.8, 4) is 11.1 Å². The van der Waals surface area contributed by atoms with Crippen LogP contribution >= 0.6 is 11.3 Å². The van der Waals surface area contributed by atoms with Crippen LogP contribution in [-0.2, 0) is 14.6 Å². The number of amides is 1. The maximum atomic E-state index is 13.6. The fourth-order valence-corrected chi connectivity index (χ4v) is 7.17. The Kier molecular flexibility index (Phi) is 6.99. The standard InChI is InChI=1S/C23H30N2O4S2/c1-2-3-10-25(19-9-15-31(27,28)17-19)22(26)21-16-20(18-7-5-4-6-8-18)23(30-21)24-11-13-29-14-12-24/h4-8,16,19H,2-3,9-15,17H2,1H3. The molecule has 0 spiro atoms. The van der Waals surface area contributed by atoms with E-state index in [1.54, 1.807) is 0 Å². The average Bonchev–Trinajstić information content (AvgIpc) is 3.39. The lowest BCUT2D eigenvalue weighted by Crippen LogP contribution is -2.41. The molecule has 0 N–H and O–H groups in total. The third-order valence-electron chi connectivity index (χ3n) is 5.97. The summed E-state index contributed by atoms with van der Waals surface area (Å²) in [4.78, 5) is 18.4. The number of hydrogen-bond acceptors (Lipinski definition) is 6. The van der Waals surface area contributed by atoms with Crippen LogP contribution in [0.4, 0.5) is 5.00 Å². The average molecular weight is 463 g/mol. The molecule has 31 heavy (non-hydrogen) atoms. The molecular formula is C23H30N2O4S2. The second-order valence-corrected chi connectivity index (χ2v) is 11.5. The van der Waals surface area contributed by atoms with Crippen LogP contribution in [-0.4, -0.2) is 69.6 Å². The lowest BCUT2D eigenvalue weighted by molar-refractivity contribution is 0.0699. The molecule has 1 unspecified atom stereocenters. The molecule has 168 valence electrons. The van der Waals surface area contributed by atoms with Crippen LogP contribution in [0.3, 0.4) is 0 Å². The number of carbonyl (C=O) groups excluding carboxylic acids is 1. The first-order valence-electron chi connectivity index (χ1n) is 11.0. The van der Waals surface area contributed by atoms with E-state index in [1.165, 1.54) is 11.3 Å². The highest BCUT2D eigenvalue weighted by Crippen LogP contribution is 2.40. The van der Waals surface area contributed by atoms with Crippen LogP contribution in [0.5, 0.6) is 0 Å². The van der Waals surface area contributed by atoms with E-state index >= 15 is 0 Å². The number of carbonyl (C=O) groups is 1. The minimum atomic E-state index is -3.06. The Morgan fingerprint density at radius 3 is 2.61 bits per heavy atom. The molecule has 8 heteroatoms. The molecule has 0 radical (unpaired) electrons. The van der Waals surface area contributed by atoms with E-state index in [-0.39, 0.29) is 23.5 Å².